The van der Waals surface area contributed by atoms with Crippen molar-refractivity contribution in [3.63, 3.8) is 0 Å². The molecular formula is C4H8F3NO. The van der Waals surface area contributed by atoms with Gasteiger partial charge in [0.25, 0.3) is 0 Å². The Morgan fingerprint density at radius 1 is 1.44 bits per heavy atom. The fourth-order valence-corrected chi connectivity index (χ4v) is 0.273. The van der Waals surface area contributed by atoms with E-state index in [-0.39, 0.29) is 0 Å². The molecule has 0 aliphatic rings. The Bertz CT molecular complexity index is 90.3. The molecule has 0 aliphatic heterocycles. The molecule has 0 aromatic carbocycles. The van der Waals surface area contributed by atoms with Crippen molar-refractivity contribution in [2.45, 2.75) is 25.2 Å². The summed E-state index contributed by atoms with van der Waals surface area (Å²) in [5, 5.41) is 8.31. The number of hydrogen-bond acceptors (Lipinski definition) is 2. The molecule has 0 saturated carbocycles. The van der Waals surface area contributed by atoms with Crippen molar-refractivity contribution in [3.8, 4) is 0 Å². The average Bonchev–Trinajstić information content (AvgIpc) is 1.62. The van der Waals surface area contributed by atoms with Gasteiger partial charge in [0.15, 0.2) is 0 Å². The minimum Gasteiger partial charge on any atom is -0.391 e. The zero-order valence-corrected chi connectivity index (χ0v) is 4.81. The van der Waals surface area contributed by atoms with Crippen LogP contribution in [0, 0.1) is 0 Å². The van der Waals surface area contributed by atoms with E-state index >= 15 is 0 Å². The fraction of sp³-hybridized carbons (Fsp3) is 1.00. The molecule has 0 radical (unpaired) electrons. The normalized spacial score (nSPS) is 19.3. The lowest BCUT2D eigenvalue weighted by Crippen LogP contribution is -2.45. The Hall–Kier alpha value is -0.290. The summed E-state index contributed by atoms with van der Waals surface area (Å²) < 4.78 is 34.2. The Labute approximate surface area is 50.5 Å². The maximum Gasteiger partial charge on any atom is 0.406 e. The minimum absolute atomic E-state index is 0.998. The van der Waals surface area contributed by atoms with Gasteiger partial charge in [-0.15, -0.1) is 0 Å². The molecule has 0 fully saturated rings. The second-order valence-electron chi connectivity index (χ2n) is 1.81. The van der Waals surface area contributed by atoms with Crippen LogP contribution in [0.5, 0.6) is 0 Å². The Balaban J connectivity index is 3.88. The van der Waals surface area contributed by atoms with Crippen LogP contribution in [0.25, 0.3) is 0 Å². The molecule has 5 heteroatoms. The first-order valence-electron chi connectivity index (χ1n) is 2.36. The Morgan fingerprint density at radius 2 is 1.78 bits per heavy atom. The zero-order chi connectivity index (χ0) is 7.65. The van der Waals surface area contributed by atoms with Crippen molar-refractivity contribution in [2.75, 3.05) is 0 Å². The van der Waals surface area contributed by atoms with Crippen LogP contribution in [-0.4, -0.2) is 23.4 Å². The van der Waals surface area contributed by atoms with Gasteiger partial charge in [-0.1, -0.05) is 0 Å². The molecule has 1 unspecified atom stereocenters. The van der Waals surface area contributed by atoms with Gasteiger partial charge in [-0.25, -0.2) is 0 Å². The zero-order valence-electron chi connectivity index (χ0n) is 4.81. The summed E-state index contributed by atoms with van der Waals surface area (Å²) in [7, 11) is 0. The molecule has 0 spiro atoms. The fourth-order valence-electron chi connectivity index (χ4n) is 0.273. The second-order valence-corrected chi connectivity index (χ2v) is 1.81. The number of alkyl halides is 3. The second kappa shape index (κ2) is 2.53. The molecule has 0 rings (SSSR count). The largest absolute Gasteiger partial charge is 0.406 e. The lowest BCUT2D eigenvalue weighted by Gasteiger charge is -2.17. The maximum absolute atomic E-state index is 11.4. The molecule has 0 aromatic rings. The number of aliphatic hydroxyl groups excluding tert-OH is 1. The third kappa shape index (κ3) is 2.67. The highest BCUT2D eigenvalue weighted by Crippen LogP contribution is 2.20. The number of nitrogens with two attached hydrogens (primary N) is 1. The minimum atomic E-state index is -4.49. The molecule has 2 atom stereocenters. The van der Waals surface area contributed by atoms with Gasteiger partial charge >= 0.3 is 6.18 Å². The molecule has 0 aliphatic carbocycles. The topological polar surface area (TPSA) is 46.2 Å². The number of halogens is 3. The first-order valence-corrected chi connectivity index (χ1v) is 2.36. The first-order chi connectivity index (χ1) is 3.85. The molecule has 2 nitrogen and oxygen atoms in total. The van der Waals surface area contributed by atoms with Crippen LogP contribution in [0.15, 0.2) is 0 Å². The summed E-state index contributed by atoms with van der Waals surface area (Å²) in [6, 6.07) is -2.13. The van der Waals surface area contributed by atoms with Gasteiger partial charge in [0.05, 0.1) is 6.10 Å². The molecule has 0 bridgehead atoms. The van der Waals surface area contributed by atoms with Crippen molar-refractivity contribution in [2.24, 2.45) is 5.73 Å². The smallest absolute Gasteiger partial charge is 0.391 e. The molecule has 0 saturated heterocycles. The monoisotopic (exact) mass is 143 g/mol. The Kier molecular flexibility index (Phi) is 2.45. The standard InChI is InChI=1S/C4H8F3NO/c1-2(9)3(8)4(5,6)7/h2-3,9H,8H2,1H3/t2?,3-/m0/s1. The summed E-state index contributed by atoms with van der Waals surface area (Å²) in [6.07, 6.45) is -6.03. The van der Waals surface area contributed by atoms with Gasteiger partial charge in [-0.3, -0.25) is 0 Å². The lowest BCUT2D eigenvalue weighted by molar-refractivity contribution is -0.166. The van der Waals surface area contributed by atoms with Gasteiger partial charge in [0.2, 0.25) is 0 Å². The highest BCUT2D eigenvalue weighted by Gasteiger charge is 2.39. The van der Waals surface area contributed by atoms with Crippen LogP contribution in [-0.2, 0) is 0 Å². The van der Waals surface area contributed by atoms with Crippen LogP contribution >= 0.6 is 0 Å². The SMILES string of the molecule is CC(O)[C@H](N)C(F)(F)F. The van der Waals surface area contributed by atoms with Crippen molar-refractivity contribution in [1.82, 2.24) is 0 Å². The molecule has 3 N–H and O–H groups in total. The van der Waals surface area contributed by atoms with Crippen molar-refractivity contribution >= 4 is 0 Å². The predicted octanol–water partition coefficient (Wildman–Crippen LogP) is 0.257. The van der Waals surface area contributed by atoms with E-state index in [1.54, 1.807) is 0 Å². The number of aliphatic hydroxyl groups is 1. The van der Waals surface area contributed by atoms with Crippen LogP contribution < -0.4 is 5.73 Å². The Morgan fingerprint density at radius 3 is 1.78 bits per heavy atom. The molecule has 0 aromatic heterocycles. The van der Waals surface area contributed by atoms with Crippen LogP contribution in [0.1, 0.15) is 6.92 Å². The molecule has 9 heavy (non-hydrogen) atoms. The highest BCUT2D eigenvalue weighted by atomic mass is 19.4. The summed E-state index contributed by atoms with van der Waals surface area (Å²) in [5.41, 5.74) is 4.52. The predicted molar refractivity (Wildman–Crippen MR) is 25.7 cm³/mol. The van der Waals surface area contributed by atoms with Gasteiger partial charge in [-0.2, -0.15) is 13.2 Å². The van der Waals surface area contributed by atoms with E-state index in [0.29, 0.717) is 0 Å². The van der Waals surface area contributed by atoms with Crippen molar-refractivity contribution in [1.29, 1.82) is 0 Å². The van der Waals surface area contributed by atoms with Crippen LogP contribution in [0.2, 0.25) is 0 Å². The molecule has 0 heterocycles. The number of rotatable bonds is 1. The van der Waals surface area contributed by atoms with E-state index in [1.165, 1.54) is 0 Å². The molecular weight excluding hydrogens is 135 g/mol. The average molecular weight is 143 g/mol. The third-order valence-electron chi connectivity index (χ3n) is 0.898. The highest BCUT2D eigenvalue weighted by molar-refractivity contribution is 4.75. The number of hydrogen-bond donors (Lipinski definition) is 2. The quantitative estimate of drug-likeness (QED) is 0.553. The van der Waals surface area contributed by atoms with Gasteiger partial charge < -0.3 is 10.8 Å². The van der Waals surface area contributed by atoms with E-state index in [1.807, 2.05) is 0 Å². The van der Waals surface area contributed by atoms with Crippen LogP contribution in [0.4, 0.5) is 13.2 Å². The van der Waals surface area contributed by atoms with Crippen molar-refractivity contribution < 1.29 is 18.3 Å². The summed E-state index contributed by atoms with van der Waals surface area (Å²) in [5.74, 6) is 0. The third-order valence-corrected chi connectivity index (χ3v) is 0.898. The van der Waals surface area contributed by atoms with E-state index in [9.17, 15) is 13.2 Å². The van der Waals surface area contributed by atoms with E-state index in [2.05, 4.69) is 5.73 Å². The summed E-state index contributed by atoms with van der Waals surface area (Å²) in [6.45, 7) is 0.998. The summed E-state index contributed by atoms with van der Waals surface area (Å²) in [4.78, 5) is 0. The first kappa shape index (κ1) is 8.71. The van der Waals surface area contributed by atoms with E-state index < -0.39 is 18.3 Å². The summed E-state index contributed by atoms with van der Waals surface area (Å²) >= 11 is 0. The molecule has 56 valence electrons. The van der Waals surface area contributed by atoms with Crippen molar-refractivity contribution in [3.05, 3.63) is 0 Å². The lowest BCUT2D eigenvalue weighted by atomic mass is 10.2. The van der Waals surface area contributed by atoms with E-state index in [4.69, 9.17) is 5.11 Å². The maximum atomic E-state index is 11.4. The van der Waals surface area contributed by atoms with Gasteiger partial charge in [0, 0.05) is 0 Å². The van der Waals surface area contributed by atoms with Gasteiger partial charge in [-0.05, 0) is 6.92 Å². The molecule has 0 amide bonds. The van der Waals surface area contributed by atoms with Crippen LogP contribution in [0.3, 0.4) is 0 Å². The van der Waals surface area contributed by atoms with E-state index in [0.717, 1.165) is 6.92 Å². The van der Waals surface area contributed by atoms with Gasteiger partial charge in [0.1, 0.15) is 6.04 Å².